The highest BCUT2D eigenvalue weighted by molar-refractivity contribution is 5.46. The number of fused-ring (bicyclic) bond motifs is 2. The zero-order valence-electron chi connectivity index (χ0n) is 8.68. The average Bonchev–Trinajstić information content (AvgIpc) is 2.77. The molecule has 1 atom stereocenters. The molecule has 2 aliphatic rings. The third-order valence-corrected chi connectivity index (χ3v) is 3.61. The summed E-state index contributed by atoms with van der Waals surface area (Å²) < 4.78 is 5.59. The van der Waals surface area contributed by atoms with Crippen molar-refractivity contribution in [2.24, 2.45) is 5.92 Å². The Morgan fingerprint density at radius 2 is 2.00 bits per heavy atom. The maximum atomic E-state index is 5.59. The van der Waals surface area contributed by atoms with Crippen LogP contribution < -0.4 is 4.74 Å². The minimum atomic E-state index is 0.882. The minimum Gasteiger partial charge on any atom is -0.493 e. The van der Waals surface area contributed by atoms with Gasteiger partial charge in [0, 0.05) is 6.42 Å². The minimum absolute atomic E-state index is 0.882. The molecule has 1 aromatic carbocycles. The zero-order valence-corrected chi connectivity index (χ0v) is 8.68. The first-order valence-electron chi connectivity index (χ1n) is 5.64. The van der Waals surface area contributed by atoms with E-state index in [1.54, 1.807) is 5.56 Å². The fraction of sp³-hybridized carbons (Fsp3) is 0.538. The fourth-order valence-corrected chi connectivity index (χ4v) is 2.68. The normalized spacial score (nSPS) is 23.1. The lowest BCUT2D eigenvalue weighted by atomic mass is 10.0. The second-order valence-electron chi connectivity index (χ2n) is 4.51. The van der Waals surface area contributed by atoms with Gasteiger partial charge in [0.25, 0.3) is 0 Å². The molecule has 1 aliphatic carbocycles. The van der Waals surface area contributed by atoms with Crippen LogP contribution in [0.4, 0.5) is 0 Å². The molecule has 0 spiro atoms. The summed E-state index contributed by atoms with van der Waals surface area (Å²) in [4.78, 5) is 0. The Labute approximate surface area is 85.1 Å². The number of hydrogen-bond donors (Lipinski definition) is 0. The molecule has 1 unspecified atom stereocenters. The molecule has 14 heavy (non-hydrogen) atoms. The highest BCUT2D eigenvalue weighted by Gasteiger charge is 2.23. The quantitative estimate of drug-likeness (QED) is 0.658. The zero-order chi connectivity index (χ0) is 9.54. The molecule has 1 heteroatoms. The van der Waals surface area contributed by atoms with Crippen LogP contribution in [0.15, 0.2) is 12.1 Å². The van der Waals surface area contributed by atoms with Crippen LogP contribution in [0.1, 0.15) is 30.0 Å². The predicted molar refractivity (Wildman–Crippen MR) is 56.8 cm³/mol. The number of hydrogen-bond acceptors (Lipinski definition) is 1. The Hall–Kier alpha value is -0.980. The molecule has 0 saturated carbocycles. The van der Waals surface area contributed by atoms with Gasteiger partial charge in [0.1, 0.15) is 5.75 Å². The molecule has 0 N–H and O–H groups in total. The molecule has 1 heterocycles. The standard InChI is InChI=1S/C13H16O/c1-2-9-5-11-7-10-3-4-14-13(10)8-12(11)6-9/h7-9H,2-6H2,1H3. The number of ether oxygens (including phenoxy) is 1. The van der Waals surface area contributed by atoms with E-state index >= 15 is 0 Å². The molecule has 3 rings (SSSR count). The molecule has 1 aliphatic heterocycles. The predicted octanol–water partition coefficient (Wildman–Crippen LogP) is 2.75. The van der Waals surface area contributed by atoms with Crippen molar-refractivity contribution in [2.75, 3.05) is 6.61 Å². The van der Waals surface area contributed by atoms with Crippen LogP contribution in [-0.2, 0) is 19.3 Å². The Morgan fingerprint density at radius 1 is 1.21 bits per heavy atom. The summed E-state index contributed by atoms with van der Waals surface area (Å²) in [5.74, 6) is 2.04. The average molecular weight is 188 g/mol. The molecule has 0 aromatic heterocycles. The van der Waals surface area contributed by atoms with Crippen LogP contribution in [0.5, 0.6) is 5.75 Å². The maximum Gasteiger partial charge on any atom is 0.122 e. The van der Waals surface area contributed by atoms with Gasteiger partial charge in [-0.15, -0.1) is 0 Å². The Morgan fingerprint density at radius 3 is 2.79 bits per heavy atom. The molecule has 74 valence electrons. The fourth-order valence-electron chi connectivity index (χ4n) is 2.68. The van der Waals surface area contributed by atoms with Crippen molar-refractivity contribution >= 4 is 0 Å². The van der Waals surface area contributed by atoms with Crippen LogP contribution in [0.25, 0.3) is 0 Å². The van der Waals surface area contributed by atoms with E-state index in [0.29, 0.717) is 0 Å². The van der Waals surface area contributed by atoms with Crippen LogP contribution >= 0.6 is 0 Å². The second-order valence-corrected chi connectivity index (χ2v) is 4.51. The molecule has 1 aromatic rings. The van der Waals surface area contributed by atoms with Gasteiger partial charge in [-0.05, 0) is 41.5 Å². The Balaban J connectivity index is 2.00. The van der Waals surface area contributed by atoms with E-state index in [9.17, 15) is 0 Å². The van der Waals surface area contributed by atoms with Gasteiger partial charge in [0.2, 0.25) is 0 Å². The first kappa shape index (κ1) is 8.34. The molecule has 0 saturated heterocycles. The number of rotatable bonds is 1. The summed E-state index contributed by atoms with van der Waals surface area (Å²) in [5, 5.41) is 0. The van der Waals surface area contributed by atoms with Crippen molar-refractivity contribution in [2.45, 2.75) is 32.6 Å². The lowest BCUT2D eigenvalue weighted by Gasteiger charge is -2.02. The molecule has 1 nitrogen and oxygen atoms in total. The monoisotopic (exact) mass is 188 g/mol. The van der Waals surface area contributed by atoms with Gasteiger partial charge in [0.15, 0.2) is 0 Å². The van der Waals surface area contributed by atoms with Gasteiger partial charge in [0.05, 0.1) is 6.61 Å². The van der Waals surface area contributed by atoms with Gasteiger partial charge in [-0.2, -0.15) is 0 Å². The molecule has 0 radical (unpaired) electrons. The highest BCUT2D eigenvalue weighted by Crippen LogP contribution is 2.35. The van der Waals surface area contributed by atoms with Crippen molar-refractivity contribution in [1.82, 2.24) is 0 Å². The van der Waals surface area contributed by atoms with Crippen LogP contribution in [0.2, 0.25) is 0 Å². The van der Waals surface area contributed by atoms with Crippen molar-refractivity contribution < 1.29 is 4.74 Å². The van der Waals surface area contributed by atoms with E-state index in [1.165, 1.54) is 30.4 Å². The van der Waals surface area contributed by atoms with E-state index in [2.05, 4.69) is 19.1 Å². The summed E-state index contributed by atoms with van der Waals surface area (Å²) in [6.07, 6.45) is 4.97. The van der Waals surface area contributed by atoms with Crippen LogP contribution in [-0.4, -0.2) is 6.61 Å². The first-order valence-corrected chi connectivity index (χ1v) is 5.64. The van der Waals surface area contributed by atoms with Gasteiger partial charge >= 0.3 is 0 Å². The SMILES string of the molecule is CCC1Cc2cc3c(cc2C1)OCC3. The first-order chi connectivity index (χ1) is 6.86. The van der Waals surface area contributed by atoms with E-state index < -0.39 is 0 Å². The summed E-state index contributed by atoms with van der Waals surface area (Å²) >= 11 is 0. The highest BCUT2D eigenvalue weighted by atomic mass is 16.5. The van der Waals surface area contributed by atoms with Crippen molar-refractivity contribution in [3.63, 3.8) is 0 Å². The molecule has 0 amide bonds. The van der Waals surface area contributed by atoms with Crippen LogP contribution in [0.3, 0.4) is 0 Å². The van der Waals surface area contributed by atoms with Crippen molar-refractivity contribution in [1.29, 1.82) is 0 Å². The van der Waals surface area contributed by atoms with Crippen molar-refractivity contribution in [3.05, 3.63) is 28.8 Å². The summed E-state index contributed by atoms with van der Waals surface area (Å²) in [5.41, 5.74) is 4.55. The van der Waals surface area contributed by atoms with E-state index in [0.717, 1.165) is 24.7 Å². The van der Waals surface area contributed by atoms with Crippen molar-refractivity contribution in [3.8, 4) is 5.75 Å². The second kappa shape index (κ2) is 3.01. The third-order valence-electron chi connectivity index (χ3n) is 3.61. The summed E-state index contributed by atoms with van der Waals surface area (Å²) in [6, 6.07) is 4.67. The topological polar surface area (TPSA) is 9.23 Å². The Bertz CT molecular complexity index is 335. The summed E-state index contributed by atoms with van der Waals surface area (Å²) in [6.45, 7) is 3.18. The maximum absolute atomic E-state index is 5.59. The van der Waals surface area contributed by atoms with E-state index in [4.69, 9.17) is 4.74 Å². The van der Waals surface area contributed by atoms with E-state index in [-0.39, 0.29) is 0 Å². The van der Waals surface area contributed by atoms with Gasteiger partial charge in [-0.1, -0.05) is 19.4 Å². The van der Waals surface area contributed by atoms with Gasteiger partial charge < -0.3 is 4.74 Å². The molecular weight excluding hydrogens is 172 g/mol. The van der Waals surface area contributed by atoms with Crippen LogP contribution in [0, 0.1) is 5.92 Å². The number of benzene rings is 1. The smallest absolute Gasteiger partial charge is 0.122 e. The lowest BCUT2D eigenvalue weighted by Crippen LogP contribution is -1.95. The van der Waals surface area contributed by atoms with Gasteiger partial charge in [-0.3, -0.25) is 0 Å². The summed E-state index contributed by atoms with van der Waals surface area (Å²) in [7, 11) is 0. The lowest BCUT2D eigenvalue weighted by molar-refractivity contribution is 0.356. The molecule has 0 fully saturated rings. The largest absolute Gasteiger partial charge is 0.493 e. The molecule has 0 bridgehead atoms. The van der Waals surface area contributed by atoms with E-state index in [1.807, 2.05) is 0 Å². The third kappa shape index (κ3) is 1.15. The molecular formula is C13H16O. The van der Waals surface area contributed by atoms with Gasteiger partial charge in [-0.25, -0.2) is 0 Å². The Kier molecular flexibility index (Phi) is 1.79.